The largest absolute Gasteiger partial charge is 0.394 e. The standard InChI is InChI=1S/C22H26N2O3/c23-13-19-21(17-7-5-16(6-8-17)15-3-1-2-4-15)20(14-25)24(19)22(26)18-9-11-27-12-10-18/h3,5-8,18-21,25H,1-2,4,9-12,14H2/t19-,20+,21+/m1/s1. The molecule has 2 fully saturated rings. The van der Waals surface area contributed by atoms with Crippen LogP contribution in [0.3, 0.4) is 0 Å². The van der Waals surface area contributed by atoms with E-state index >= 15 is 0 Å². The fourth-order valence-electron chi connectivity index (χ4n) is 4.72. The van der Waals surface area contributed by atoms with Crippen molar-refractivity contribution in [3.05, 3.63) is 41.5 Å². The van der Waals surface area contributed by atoms with Gasteiger partial charge in [-0.05, 0) is 48.8 Å². The molecular weight excluding hydrogens is 340 g/mol. The molecule has 1 N–H and O–H groups in total. The van der Waals surface area contributed by atoms with Crippen LogP contribution < -0.4 is 0 Å². The Balaban J connectivity index is 1.52. The average Bonchev–Trinajstić information content (AvgIpc) is 3.24. The summed E-state index contributed by atoms with van der Waals surface area (Å²) in [6.07, 6.45) is 7.16. The minimum Gasteiger partial charge on any atom is -0.394 e. The number of allylic oxidation sites excluding steroid dienone is 2. The number of hydrogen-bond acceptors (Lipinski definition) is 4. The number of carbonyl (C=O) groups excluding carboxylic acids is 1. The molecule has 5 nitrogen and oxygen atoms in total. The zero-order valence-electron chi connectivity index (χ0n) is 15.5. The molecule has 0 radical (unpaired) electrons. The minimum absolute atomic E-state index is 0.00659. The number of carbonyl (C=O) groups is 1. The fraction of sp³-hybridized carbons (Fsp3) is 0.545. The first kappa shape index (κ1) is 18.2. The number of likely N-dealkylation sites (tertiary alicyclic amines) is 1. The van der Waals surface area contributed by atoms with Crippen molar-refractivity contribution in [3.8, 4) is 6.07 Å². The number of nitriles is 1. The van der Waals surface area contributed by atoms with E-state index in [1.54, 1.807) is 4.90 Å². The zero-order valence-corrected chi connectivity index (χ0v) is 15.5. The molecular formula is C22H26N2O3. The molecule has 0 saturated carbocycles. The van der Waals surface area contributed by atoms with Crippen LogP contribution in [0.25, 0.3) is 5.57 Å². The van der Waals surface area contributed by atoms with Crippen molar-refractivity contribution in [3.63, 3.8) is 0 Å². The van der Waals surface area contributed by atoms with E-state index < -0.39 is 6.04 Å². The van der Waals surface area contributed by atoms with Crippen molar-refractivity contribution in [1.82, 2.24) is 4.90 Å². The lowest BCUT2D eigenvalue weighted by atomic mass is 9.74. The average molecular weight is 366 g/mol. The maximum atomic E-state index is 12.9. The number of benzene rings is 1. The van der Waals surface area contributed by atoms with Crippen molar-refractivity contribution in [1.29, 1.82) is 5.26 Å². The first-order valence-electron chi connectivity index (χ1n) is 9.94. The predicted octanol–water partition coefficient (Wildman–Crippen LogP) is 2.86. The Morgan fingerprint density at radius 3 is 2.59 bits per heavy atom. The molecule has 142 valence electrons. The van der Waals surface area contributed by atoms with E-state index in [2.05, 4.69) is 36.4 Å². The molecule has 3 atom stereocenters. The minimum atomic E-state index is -0.506. The van der Waals surface area contributed by atoms with Gasteiger partial charge in [-0.15, -0.1) is 0 Å². The predicted molar refractivity (Wildman–Crippen MR) is 102 cm³/mol. The Morgan fingerprint density at radius 2 is 2.00 bits per heavy atom. The van der Waals surface area contributed by atoms with Gasteiger partial charge in [-0.1, -0.05) is 30.3 Å². The number of ether oxygens (including phenoxy) is 1. The third-order valence-corrected chi connectivity index (χ3v) is 6.26. The highest BCUT2D eigenvalue weighted by atomic mass is 16.5. The van der Waals surface area contributed by atoms with Crippen molar-refractivity contribution in [2.45, 2.75) is 50.1 Å². The van der Waals surface area contributed by atoms with Crippen molar-refractivity contribution < 1.29 is 14.6 Å². The maximum Gasteiger partial charge on any atom is 0.227 e. The van der Waals surface area contributed by atoms with Crippen molar-refractivity contribution in [2.75, 3.05) is 19.8 Å². The number of aliphatic hydroxyl groups is 1. The Hall–Kier alpha value is -2.16. The van der Waals surface area contributed by atoms with Gasteiger partial charge in [0.15, 0.2) is 0 Å². The van der Waals surface area contributed by atoms with Crippen LogP contribution in [-0.4, -0.2) is 47.8 Å². The second-order valence-electron chi connectivity index (χ2n) is 7.73. The van der Waals surface area contributed by atoms with E-state index in [4.69, 9.17) is 4.74 Å². The monoisotopic (exact) mass is 366 g/mol. The van der Waals surface area contributed by atoms with Crippen LogP contribution in [0, 0.1) is 17.2 Å². The van der Waals surface area contributed by atoms with E-state index in [0.29, 0.717) is 26.1 Å². The van der Waals surface area contributed by atoms with E-state index in [1.165, 1.54) is 17.6 Å². The first-order valence-corrected chi connectivity index (χ1v) is 9.94. The van der Waals surface area contributed by atoms with Crippen molar-refractivity contribution >= 4 is 11.5 Å². The number of nitrogens with zero attached hydrogens (tertiary/aromatic N) is 2. The molecule has 1 aromatic rings. The highest BCUT2D eigenvalue weighted by Crippen LogP contribution is 2.42. The van der Waals surface area contributed by atoms with Gasteiger partial charge in [0, 0.05) is 25.0 Å². The number of rotatable bonds is 4. The third kappa shape index (κ3) is 3.28. The third-order valence-electron chi connectivity index (χ3n) is 6.26. The lowest BCUT2D eigenvalue weighted by Gasteiger charge is -2.52. The summed E-state index contributed by atoms with van der Waals surface area (Å²) in [6, 6.07) is 9.82. The quantitative estimate of drug-likeness (QED) is 0.889. The van der Waals surface area contributed by atoms with Gasteiger partial charge in [0.1, 0.15) is 6.04 Å². The van der Waals surface area contributed by atoms with Gasteiger partial charge in [-0.2, -0.15) is 5.26 Å². The maximum absolute atomic E-state index is 12.9. The number of amides is 1. The molecule has 2 heterocycles. The number of aliphatic hydroxyl groups excluding tert-OH is 1. The van der Waals surface area contributed by atoms with Gasteiger partial charge in [0.2, 0.25) is 5.91 Å². The fourth-order valence-corrected chi connectivity index (χ4v) is 4.72. The highest BCUT2D eigenvalue weighted by molar-refractivity contribution is 5.81. The molecule has 0 unspecified atom stereocenters. The Bertz CT molecular complexity index is 759. The summed E-state index contributed by atoms with van der Waals surface area (Å²) < 4.78 is 5.34. The van der Waals surface area contributed by atoms with Gasteiger partial charge in [-0.25, -0.2) is 0 Å². The van der Waals surface area contributed by atoms with E-state index in [0.717, 1.165) is 18.4 Å². The first-order chi connectivity index (χ1) is 13.2. The molecule has 0 spiro atoms. The summed E-state index contributed by atoms with van der Waals surface area (Å²) in [5.74, 6) is -0.232. The van der Waals surface area contributed by atoms with Gasteiger partial charge >= 0.3 is 0 Å². The van der Waals surface area contributed by atoms with E-state index in [1.807, 2.05) is 0 Å². The molecule has 2 aliphatic heterocycles. The van der Waals surface area contributed by atoms with Gasteiger partial charge in [-0.3, -0.25) is 4.79 Å². The van der Waals surface area contributed by atoms with Gasteiger partial charge < -0.3 is 14.7 Å². The summed E-state index contributed by atoms with van der Waals surface area (Å²) in [6.45, 7) is 1.06. The molecule has 0 bridgehead atoms. The second-order valence-corrected chi connectivity index (χ2v) is 7.73. The van der Waals surface area contributed by atoms with Gasteiger partial charge in [0.25, 0.3) is 0 Å². The normalized spacial score (nSPS) is 28.4. The molecule has 1 aliphatic carbocycles. The lowest BCUT2D eigenvalue weighted by Crippen LogP contribution is -2.66. The molecule has 3 aliphatic rings. The van der Waals surface area contributed by atoms with Crippen LogP contribution >= 0.6 is 0 Å². The van der Waals surface area contributed by atoms with Crippen molar-refractivity contribution in [2.24, 2.45) is 5.92 Å². The Morgan fingerprint density at radius 1 is 1.26 bits per heavy atom. The Labute approximate surface area is 160 Å². The zero-order chi connectivity index (χ0) is 18.8. The summed E-state index contributed by atoms with van der Waals surface area (Å²) in [4.78, 5) is 14.5. The highest BCUT2D eigenvalue weighted by Gasteiger charge is 2.52. The SMILES string of the molecule is N#C[C@@H]1[C@H](c2ccc(C3=CCCC3)cc2)[C@H](CO)N1C(=O)C1CCOCC1. The smallest absolute Gasteiger partial charge is 0.227 e. The van der Waals surface area contributed by atoms with E-state index in [-0.39, 0.29) is 30.4 Å². The lowest BCUT2D eigenvalue weighted by molar-refractivity contribution is -0.154. The Kier molecular flexibility index (Phi) is 5.29. The summed E-state index contributed by atoms with van der Waals surface area (Å²) in [5.41, 5.74) is 3.65. The molecule has 1 amide bonds. The summed E-state index contributed by atoms with van der Waals surface area (Å²) in [5, 5.41) is 19.7. The molecule has 1 aromatic carbocycles. The molecule has 4 rings (SSSR count). The van der Waals surface area contributed by atoms with Crippen LogP contribution in [0.2, 0.25) is 0 Å². The van der Waals surface area contributed by atoms with Gasteiger partial charge in [0.05, 0.1) is 18.7 Å². The van der Waals surface area contributed by atoms with Crippen LogP contribution in [0.15, 0.2) is 30.3 Å². The van der Waals surface area contributed by atoms with Crippen LogP contribution in [0.5, 0.6) is 0 Å². The van der Waals surface area contributed by atoms with E-state index in [9.17, 15) is 15.2 Å². The van der Waals surface area contributed by atoms with Crippen LogP contribution in [-0.2, 0) is 9.53 Å². The molecule has 0 aromatic heterocycles. The number of hydrogen-bond donors (Lipinski definition) is 1. The summed E-state index contributed by atoms with van der Waals surface area (Å²) >= 11 is 0. The summed E-state index contributed by atoms with van der Waals surface area (Å²) in [7, 11) is 0. The molecule has 5 heteroatoms. The topological polar surface area (TPSA) is 73.6 Å². The second kappa shape index (κ2) is 7.84. The molecule has 27 heavy (non-hydrogen) atoms. The van der Waals surface area contributed by atoms with Crippen LogP contribution in [0.1, 0.15) is 49.1 Å². The van der Waals surface area contributed by atoms with Crippen LogP contribution in [0.4, 0.5) is 0 Å². The molecule has 2 saturated heterocycles.